The van der Waals surface area contributed by atoms with Crippen LogP contribution in [0.4, 0.5) is 13.2 Å². The molecule has 1 rings (SSSR count). The van der Waals surface area contributed by atoms with Crippen molar-refractivity contribution in [3.63, 3.8) is 0 Å². The Morgan fingerprint density at radius 1 is 1.31 bits per heavy atom. The number of benzene rings is 1. The van der Waals surface area contributed by atoms with E-state index in [9.17, 15) is 13.2 Å². The van der Waals surface area contributed by atoms with Gasteiger partial charge in [-0.3, -0.25) is 0 Å². The number of halogens is 4. The number of alkyl halides is 4. The van der Waals surface area contributed by atoms with Crippen LogP contribution in [-0.4, -0.2) is 0 Å². The van der Waals surface area contributed by atoms with Crippen LogP contribution in [0.1, 0.15) is 16.7 Å². The first-order valence-electron chi connectivity index (χ1n) is 3.68. The summed E-state index contributed by atoms with van der Waals surface area (Å²) in [6, 6.07) is 4.02. The van der Waals surface area contributed by atoms with Crippen molar-refractivity contribution in [2.75, 3.05) is 0 Å². The molecule has 0 amide bonds. The van der Waals surface area contributed by atoms with Crippen molar-refractivity contribution in [3.05, 3.63) is 34.9 Å². The summed E-state index contributed by atoms with van der Waals surface area (Å²) in [4.78, 5) is 0. The lowest BCUT2D eigenvalue weighted by Crippen LogP contribution is -2.08. The molecule has 0 saturated carbocycles. The van der Waals surface area contributed by atoms with Crippen LogP contribution in [0.3, 0.4) is 0 Å². The summed E-state index contributed by atoms with van der Waals surface area (Å²) in [7, 11) is 0. The highest BCUT2D eigenvalue weighted by molar-refractivity contribution is 6.17. The van der Waals surface area contributed by atoms with Gasteiger partial charge < -0.3 is 0 Å². The second-order valence-corrected chi connectivity index (χ2v) is 2.99. The highest BCUT2D eigenvalue weighted by atomic mass is 35.5. The van der Waals surface area contributed by atoms with Crippen molar-refractivity contribution in [1.29, 1.82) is 0 Å². The molecule has 1 aromatic rings. The molecule has 0 bridgehead atoms. The molecule has 0 spiro atoms. The highest BCUT2D eigenvalue weighted by Gasteiger charge is 2.32. The zero-order chi connectivity index (χ0) is 10.1. The maximum atomic E-state index is 12.3. The van der Waals surface area contributed by atoms with Crippen LogP contribution in [0, 0.1) is 6.92 Å². The molecule has 0 aromatic heterocycles. The van der Waals surface area contributed by atoms with Crippen LogP contribution >= 0.6 is 11.6 Å². The molecule has 0 atom stereocenters. The smallest absolute Gasteiger partial charge is 0.166 e. The first kappa shape index (κ1) is 10.4. The average Bonchev–Trinajstić information content (AvgIpc) is 2.02. The fourth-order valence-corrected chi connectivity index (χ4v) is 1.42. The Morgan fingerprint density at radius 3 is 2.38 bits per heavy atom. The molecule has 0 aliphatic heterocycles. The van der Waals surface area contributed by atoms with Gasteiger partial charge in [-0.2, -0.15) is 13.2 Å². The maximum absolute atomic E-state index is 12.3. The summed E-state index contributed by atoms with van der Waals surface area (Å²) in [5.41, 5.74) is 0.132. The van der Waals surface area contributed by atoms with Gasteiger partial charge in [-0.05, 0) is 24.1 Å². The van der Waals surface area contributed by atoms with Crippen LogP contribution < -0.4 is 0 Å². The maximum Gasteiger partial charge on any atom is 0.416 e. The Kier molecular flexibility index (Phi) is 2.86. The standard InChI is InChI=1S/C9H8ClF3/c1-6-7(5-10)3-2-4-8(6)9(11,12)13/h2-4H,5H2,1H3. The topological polar surface area (TPSA) is 0 Å². The Labute approximate surface area is 79.3 Å². The predicted molar refractivity (Wildman–Crippen MR) is 45.7 cm³/mol. The number of rotatable bonds is 1. The van der Waals surface area contributed by atoms with Crippen molar-refractivity contribution in [2.24, 2.45) is 0 Å². The van der Waals surface area contributed by atoms with E-state index in [0.717, 1.165) is 6.07 Å². The fourth-order valence-electron chi connectivity index (χ4n) is 1.14. The summed E-state index contributed by atoms with van der Waals surface area (Å²) in [5, 5.41) is 0. The molecular weight excluding hydrogens is 201 g/mol. The van der Waals surface area contributed by atoms with Crippen molar-refractivity contribution in [2.45, 2.75) is 19.0 Å². The van der Waals surface area contributed by atoms with E-state index in [1.165, 1.54) is 13.0 Å². The average molecular weight is 209 g/mol. The third kappa shape index (κ3) is 2.15. The van der Waals surface area contributed by atoms with Gasteiger partial charge in [0.25, 0.3) is 0 Å². The van der Waals surface area contributed by atoms with Crippen LogP contribution in [0.5, 0.6) is 0 Å². The van der Waals surface area contributed by atoms with Gasteiger partial charge in [0.1, 0.15) is 0 Å². The van der Waals surface area contributed by atoms with Gasteiger partial charge in [0.05, 0.1) is 5.56 Å². The molecule has 0 radical (unpaired) electrons. The van der Waals surface area contributed by atoms with Crippen molar-refractivity contribution in [3.8, 4) is 0 Å². The summed E-state index contributed by atoms with van der Waals surface area (Å²) in [6.45, 7) is 1.43. The van der Waals surface area contributed by atoms with E-state index in [4.69, 9.17) is 11.6 Å². The molecule has 0 nitrogen and oxygen atoms in total. The zero-order valence-electron chi connectivity index (χ0n) is 6.95. The zero-order valence-corrected chi connectivity index (χ0v) is 7.71. The molecule has 72 valence electrons. The molecule has 0 heterocycles. The molecule has 13 heavy (non-hydrogen) atoms. The van der Waals surface area contributed by atoms with Gasteiger partial charge in [-0.1, -0.05) is 12.1 Å². The number of hydrogen-bond acceptors (Lipinski definition) is 0. The molecule has 0 fully saturated rings. The van der Waals surface area contributed by atoms with E-state index in [2.05, 4.69) is 0 Å². The SMILES string of the molecule is Cc1c(CCl)cccc1C(F)(F)F. The largest absolute Gasteiger partial charge is 0.416 e. The van der Waals surface area contributed by atoms with Gasteiger partial charge in [0.2, 0.25) is 0 Å². The molecule has 0 unspecified atom stereocenters. The van der Waals surface area contributed by atoms with Crippen LogP contribution in [0.15, 0.2) is 18.2 Å². The highest BCUT2D eigenvalue weighted by Crippen LogP contribution is 2.33. The monoisotopic (exact) mass is 208 g/mol. The normalized spacial score (nSPS) is 11.8. The van der Waals surface area contributed by atoms with E-state index in [1.54, 1.807) is 6.07 Å². The number of hydrogen-bond donors (Lipinski definition) is 0. The van der Waals surface area contributed by atoms with Crippen molar-refractivity contribution < 1.29 is 13.2 Å². The predicted octanol–water partition coefficient (Wildman–Crippen LogP) is 3.75. The molecular formula is C9H8ClF3. The Bertz CT molecular complexity index is 304. The van der Waals surface area contributed by atoms with Gasteiger partial charge in [-0.15, -0.1) is 11.6 Å². The summed E-state index contributed by atoms with van der Waals surface area (Å²) in [6.07, 6.45) is -4.29. The minimum atomic E-state index is -4.29. The summed E-state index contributed by atoms with van der Waals surface area (Å²) < 4.78 is 37.0. The van der Waals surface area contributed by atoms with E-state index < -0.39 is 11.7 Å². The Morgan fingerprint density at radius 2 is 1.92 bits per heavy atom. The molecule has 0 N–H and O–H groups in total. The van der Waals surface area contributed by atoms with Gasteiger partial charge >= 0.3 is 6.18 Å². The molecule has 4 heteroatoms. The van der Waals surface area contributed by atoms with E-state index >= 15 is 0 Å². The lowest BCUT2D eigenvalue weighted by Gasteiger charge is -2.12. The van der Waals surface area contributed by atoms with Crippen LogP contribution in [-0.2, 0) is 12.1 Å². The van der Waals surface area contributed by atoms with Gasteiger partial charge in [0.15, 0.2) is 0 Å². The first-order chi connectivity index (χ1) is 5.96. The Hall–Kier alpha value is -0.700. The van der Waals surface area contributed by atoms with Crippen molar-refractivity contribution in [1.82, 2.24) is 0 Å². The summed E-state index contributed by atoms with van der Waals surface area (Å²) in [5.74, 6) is 0.107. The third-order valence-electron chi connectivity index (χ3n) is 1.90. The van der Waals surface area contributed by atoms with E-state index in [1.807, 2.05) is 0 Å². The van der Waals surface area contributed by atoms with E-state index in [-0.39, 0.29) is 11.4 Å². The van der Waals surface area contributed by atoms with Gasteiger partial charge in [-0.25, -0.2) is 0 Å². The Balaban J connectivity index is 3.24. The molecule has 0 saturated heterocycles. The lowest BCUT2D eigenvalue weighted by atomic mass is 10.0. The van der Waals surface area contributed by atoms with Crippen molar-refractivity contribution >= 4 is 11.6 Å². The van der Waals surface area contributed by atoms with E-state index in [0.29, 0.717) is 5.56 Å². The second kappa shape index (κ2) is 3.58. The van der Waals surface area contributed by atoms with Crippen LogP contribution in [0.2, 0.25) is 0 Å². The minimum Gasteiger partial charge on any atom is -0.166 e. The summed E-state index contributed by atoms with van der Waals surface area (Å²) >= 11 is 5.49. The quantitative estimate of drug-likeness (QED) is 0.617. The fraction of sp³-hybridized carbons (Fsp3) is 0.333. The minimum absolute atomic E-state index is 0.107. The lowest BCUT2D eigenvalue weighted by molar-refractivity contribution is -0.138. The molecule has 1 aromatic carbocycles. The first-order valence-corrected chi connectivity index (χ1v) is 4.22. The second-order valence-electron chi connectivity index (χ2n) is 2.72. The van der Waals surface area contributed by atoms with Crippen LogP contribution in [0.25, 0.3) is 0 Å². The molecule has 0 aliphatic carbocycles. The van der Waals surface area contributed by atoms with Gasteiger partial charge in [0, 0.05) is 5.88 Å². The molecule has 0 aliphatic rings. The third-order valence-corrected chi connectivity index (χ3v) is 2.18.